The van der Waals surface area contributed by atoms with E-state index in [0.717, 1.165) is 23.2 Å². The monoisotopic (exact) mass is 251 g/mol. The van der Waals surface area contributed by atoms with Crippen molar-refractivity contribution in [2.75, 3.05) is 24.7 Å². The molecular weight excluding hydrogens is 234 g/mol. The first-order valence-corrected chi connectivity index (χ1v) is 6.52. The van der Waals surface area contributed by atoms with E-state index in [1.54, 1.807) is 25.1 Å². The Balaban J connectivity index is 1.99. The second-order valence-electron chi connectivity index (χ2n) is 4.79. The minimum absolute atomic E-state index is 0.300. The van der Waals surface area contributed by atoms with E-state index >= 15 is 0 Å². The molecule has 1 aromatic rings. The second-order valence-corrected chi connectivity index (χ2v) is 5.75. The number of anilines is 1. The number of aliphatic imine (C=N–C) groups is 1. The Morgan fingerprint density at radius 3 is 2.76 bits per heavy atom. The van der Waals surface area contributed by atoms with Gasteiger partial charge in [0.25, 0.3) is 0 Å². The quantitative estimate of drug-likeness (QED) is 0.877. The van der Waals surface area contributed by atoms with E-state index in [-0.39, 0.29) is 0 Å². The number of hydrogen-bond donors (Lipinski definition) is 1. The van der Waals surface area contributed by atoms with Gasteiger partial charge in [0.1, 0.15) is 0 Å². The van der Waals surface area contributed by atoms with Gasteiger partial charge in [-0.05, 0) is 11.5 Å². The van der Waals surface area contributed by atoms with Crippen LogP contribution in [0.3, 0.4) is 0 Å². The standard InChI is InChI=1S/C12H17N3OS/c1-12(2)7-14-11(17-8-12)15-9-4-5-10(16-3)13-6-9/h4-6H,7-8H2,1-3H3,(H,14,15). The highest BCUT2D eigenvalue weighted by atomic mass is 32.2. The number of methoxy groups -OCH3 is 1. The smallest absolute Gasteiger partial charge is 0.213 e. The summed E-state index contributed by atoms with van der Waals surface area (Å²) in [5.41, 5.74) is 1.24. The molecule has 0 unspecified atom stereocenters. The van der Waals surface area contributed by atoms with Crippen LogP contribution in [0, 0.1) is 5.41 Å². The number of pyridine rings is 1. The lowest BCUT2D eigenvalue weighted by atomic mass is 9.97. The van der Waals surface area contributed by atoms with Crippen molar-refractivity contribution in [2.24, 2.45) is 10.4 Å². The second kappa shape index (κ2) is 4.96. The van der Waals surface area contributed by atoms with E-state index in [4.69, 9.17) is 4.74 Å². The van der Waals surface area contributed by atoms with E-state index < -0.39 is 0 Å². The lowest BCUT2D eigenvalue weighted by molar-refractivity contribution is 0.398. The molecule has 1 aliphatic heterocycles. The molecule has 2 heterocycles. The summed E-state index contributed by atoms with van der Waals surface area (Å²) in [7, 11) is 1.61. The van der Waals surface area contributed by atoms with Crippen LogP contribution in [0.4, 0.5) is 5.69 Å². The van der Waals surface area contributed by atoms with Crippen molar-refractivity contribution in [1.82, 2.24) is 4.98 Å². The Labute approximate surface area is 106 Å². The zero-order valence-corrected chi connectivity index (χ0v) is 11.2. The summed E-state index contributed by atoms with van der Waals surface area (Å²) in [5.74, 6) is 1.71. The number of rotatable bonds is 2. The number of hydrogen-bond acceptors (Lipinski definition) is 5. The molecule has 0 spiro atoms. The van der Waals surface area contributed by atoms with E-state index in [0.29, 0.717) is 11.3 Å². The van der Waals surface area contributed by atoms with Gasteiger partial charge in [-0.2, -0.15) is 0 Å². The third kappa shape index (κ3) is 3.36. The highest BCUT2D eigenvalue weighted by Gasteiger charge is 2.23. The van der Waals surface area contributed by atoms with Crippen LogP contribution >= 0.6 is 11.8 Å². The van der Waals surface area contributed by atoms with Gasteiger partial charge in [0.15, 0.2) is 5.17 Å². The van der Waals surface area contributed by atoms with Crippen LogP contribution in [0.25, 0.3) is 0 Å². The van der Waals surface area contributed by atoms with Gasteiger partial charge in [-0.15, -0.1) is 0 Å². The molecule has 0 aliphatic carbocycles. The summed E-state index contributed by atoms with van der Waals surface area (Å²) in [6.07, 6.45) is 1.75. The lowest BCUT2D eigenvalue weighted by Crippen LogP contribution is -2.27. The van der Waals surface area contributed by atoms with Gasteiger partial charge in [-0.1, -0.05) is 25.6 Å². The average Bonchev–Trinajstić information content (AvgIpc) is 2.33. The minimum atomic E-state index is 0.300. The SMILES string of the molecule is COc1ccc(NC2=NCC(C)(C)CS2)cn1. The van der Waals surface area contributed by atoms with Crippen molar-refractivity contribution >= 4 is 22.6 Å². The molecule has 17 heavy (non-hydrogen) atoms. The van der Waals surface area contributed by atoms with E-state index in [2.05, 4.69) is 29.1 Å². The predicted octanol–water partition coefficient (Wildman–Crippen LogP) is 2.63. The zero-order valence-electron chi connectivity index (χ0n) is 10.4. The molecule has 0 fully saturated rings. The lowest BCUT2D eigenvalue weighted by Gasteiger charge is -2.27. The van der Waals surface area contributed by atoms with E-state index in [1.165, 1.54) is 0 Å². The van der Waals surface area contributed by atoms with Crippen LogP contribution in [0.5, 0.6) is 5.88 Å². The number of ether oxygens (including phenoxy) is 1. The maximum atomic E-state index is 5.01. The Morgan fingerprint density at radius 2 is 2.24 bits per heavy atom. The Hall–Kier alpha value is -1.23. The number of thioether (sulfide) groups is 1. The fourth-order valence-corrected chi connectivity index (χ4v) is 2.38. The Morgan fingerprint density at radius 1 is 1.41 bits per heavy atom. The minimum Gasteiger partial charge on any atom is -0.481 e. The highest BCUT2D eigenvalue weighted by molar-refractivity contribution is 8.14. The Kier molecular flexibility index (Phi) is 3.57. The molecule has 5 heteroatoms. The van der Waals surface area contributed by atoms with Gasteiger partial charge in [-0.25, -0.2) is 4.98 Å². The summed E-state index contributed by atoms with van der Waals surface area (Å²) >= 11 is 1.75. The zero-order chi connectivity index (χ0) is 12.3. The first-order valence-electron chi connectivity index (χ1n) is 5.53. The molecule has 0 bridgehead atoms. The molecule has 92 valence electrons. The fraction of sp³-hybridized carbons (Fsp3) is 0.500. The average molecular weight is 251 g/mol. The molecule has 0 radical (unpaired) electrons. The summed E-state index contributed by atoms with van der Waals surface area (Å²) in [6.45, 7) is 5.33. The van der Waals surface area contributed by atoms with Gasteiger partial charge in [-0.3, -0.25) is 4.99 Å². The number of aromatic nitrogens is 1. The van der Waals surface area contributed by atoms with Gasteiger partial charge in [0.05, 0.1) is 19.0 Å². The van der Waals surface area contributed by atoms with Gasteiger partial charge in [0.2, 0.25) is 5.88 Å². The maximum absolute atomic E-state index is 5.01. The third-order valence-corrected chi connectivity index (χ3v) is 3.88. The van der Waals surface area contributed by atoms with Gasteiger partial charge < -0.3 is 10.1 Å². The van der Waals surface area contributed by atoms with Crippen molar-refractivity contribution in [3.05, 3.63) is 18.3 Å². The molecular formula is C12H17N3OS. The highest BCUT2D eigenvalue weighted by Crippen LogP contribution is 2.28. The van der Waals surface area contributed by atoms with Crippen LogP contribution in [-0.2, 0) is 0 Å². The topological polar surface area (TPSA) is 46.5 Å². The van der Waals surface area contributed by atoms with Crippen molar-refractivity contribution in [1.29, 1.82) is 0 Å². The van der Waals surface area contributed by atoms with Crippen LogP contribution in [-0.4, -0.2) is 29.6 Å². The van der Waals surface area contributed by atoms with E-state index in [1.807, 2.05) is 12.1 Å². The fourth-order valence-electron chi connectivity index (χ4n) is 1.41. The molecule has 0 amide bonds. The number of amidine groups is 1. The predicted molar refractivity (Wildman–Crippen MR) is 73.0 cm³/mol. The van der Waals surface area contributed by atoms with Crippen LogP contribution < -0.4 is 10.1 Å². The van der Waals surface area contributed by atoms with Crippen molar-refractivity contribution in [3.8, 4) is 5.88 Å². The summed E-state index contributed by atoms with van der Waals surface area (Å²) < 4.78 is 5.01. The first kappa shape index (κ1) is 12.2. The van der Waals surface area contributed by atoms with Gasteiger partial charge in [0, 0.05) is 18.4 Å². The Bertz CT molecular complexity index is 414. The molecule has 1 aromatic heterocycles. The maximum Gasteiger partial charge on any atom is 0.213 e. The molecule has 0 saturated heterocycles. The summed E-state index contributed by atoms with van der Waals surface area (Å²) in [5, 5.41) is 4.23. The van der Waals surface area contributed by atoms with E-state index in [9.17, 15) is 0 Å². The molecule has 2 rings (SSSR count). The first-order chi connectivity index (χ1) is 8.09. The summed E-state index contributed by atoms with van der Waals surface area (Å²) in [4.78, 5) is 8.67. The largest absolute Gasteiger partial charge is 0.481 e. The van der Waals surface area contributed by atoms with Gasteiger partial charge >= 0.3 is 0 Å². The van der Waals surface area contributed by atoms with Crippen LogP contribution in [0.1, 0.15) is 13.8 Å². The number of nitrogens with one attached hydrogen (secondary N) is 1. The van der Waals surface area contributed by atoms with Crippen molar-refractivity contribution in [2.45, 2.75) is 13.8 Å². The normalized spacial score (nSPS) is 18.4. The van der Waals surface area contributed by atoms with Crippen molar-refractivity contribution in [3.63, 3.8) is 0 Å². The number of nitrogens with zero attached hydrogens (tertiary/aromatic N) is 2. The molecule has 0 atom stereocenters. The molecule has 0 aromatic carbocycles. The summed E-state index contributed by atoms with van der Waals surface area (Å²) in [6, 6.07) is 3.77. The third-order valence-electron chi connectivity index (χ3n) is 2.45. The molecule has 1 aliphatic rings. The molecule has 1 N–H and O–H groups in total. The van der Waals surface area contributed by atoms with Crippen LogP contribution in [0.2, 0.25) is 0 Å². The van der Waals surface area contributed by atoms with Crippen molar-refractivity contribution < 1.29 is 4.74 Å². The van der Waals surface area contributed by atoms with Crippen LogP contribution in [0.15, 0.2) is 23.3 Å². The molecule has 4 nitrogen and oxygen atoms in total. The molecule has 0 saturated carbocycles.